The number of fused-ring (bicyclic) bond motifs is 1. The number of piperidine rings is 1. The molecular formula is C21H31N5O. The van der Waals surface area contributed by atoms with Gasteiger partial charge in [0, 0.05) is 38.4 Å². The number of hydrogen-bond donors (Lipinski definition) is 1. The minimum Gasteiger partial charge on any atom is -0.347 e. The molecule has 0 aliphatic carbocycles. The number of nitrogens with zero attached hydrogens (tertiary/aromatic N) is 4. The van der Waals surface area contributed by atoms with Crippen LogP contribution in [0.25, 0.3) is 0 Å². The van der Waals surface area contributed by atoms with Crippen molar-refractivity contribution in [2.75, 3.05) is 51.2 Å². The molecule has 6 heteroatoms. The largest absolute Gasteiger partial charge is 0.347 e. The number of rotatable bonds is 3. The average Bonchev–Trinajstić information content (AvgIpc) is 3.37. The van der Waals surface area contributed by atoms with Crippen LogP contribution >= 0.6 is 0 Å². The molecule has 2 saturated heterocycles. The number of aliphatic imine (C=N–C) groups is 1. The molecule has 3 aliphatic rings. The number of carbonyl (C=O) groups is 1. The lowest BCUT2D eigenvalue weighted by Crippen LogP contribution is -2.47. The highest BCUT2D eigenvalue weighted by molar-refractivity contribution is 5.98. The first kappa shape index (κ1) is 18.3. The van der Waals surface area contributed by atoms with E-state index in [1.54, 1.807) is 0 Å². The van der Waals surface area contributed by atoms with Crippen molar-refractivity contribution in [1.82, 2.24) is 15.1 Å². The first-order valence-corrected chi connectivity index (χ1v) is 10.3. The van der Waals surface area contributed by atoms with E-state index in [0.29, 0.717) is 12.6 Å². The molecule has 0 bridgehead atoms. The number of hydrogen-bond acceptors (Lipinski definition) is 3. The monoisotopic (exact) mass is 369 g/mol. The van der Waals surface area contributed by atoms with Crippen LogP contribution in [0, 0.1) is 0 Å². The number of amides is 1. The summed E-state index contributed by atoms with van der Waals surface area (Å²) in [5, 5.41) is 3.31. The number of carbonyl (C=O) groups excluding carboxylic acids is 1. The van der Waals surface area contributed by atoms with E-state index in [2.05, 4.69) is 26.2 Å². The first-order chi connectivity index (χ1) is 13.3. The maximum Gasteiger partial charge on any atom is 0.246 e. The van der Waals surface area contributed by atoms with Crippen molar-refractivity contribution >= 4 is 17.6 Å². The molecule has 3 heterocycles. The Morgan fingerprint density at radius 3 is 2.78 bits per heavy atom. The predicted octanol–water partition coefficient (Wildman–Crippen LogP) is 1.71. The van der Waals surface area contributed by atoms with E-state index in [1.165, 1.54) is 44.3 Å². The molecule has 3 aliphatic heterocycles. The Bertz CT molecular complexity index is 698. The topological polar surface area (TPSA) is 51.2 Å². The number of anilines is 1. The van der Waals surface area contributed by atoms with E-state index in [4.69, 9.17) is 0 Å². The lowest BCUT2D eigenvalue weighted by atomic mass is 10.1. The molecule has 6 nitrogen and oxygen atoms in total. The Morgan fingerprint density at radius 1 is 1.15 bits per heavy atom. The number of likely N-dealkylation sites (tertiary alicyclic amines) is 2. The van der Waals surface area contributed by atoms with Crippen LogP contribution in [0.1, 0.15) is 31.2 Å². The van der Waals surface area contributed by atoms with Crippen molar-refractivity contribution in [2.24, 2.45) is 4.99 Å². The Kier molecular flexibility index (Phi) is 5.62. The molecule has 1 atom stereocenters. The summed E-state index contributed by atoms with van der Waals surface area (Å²) in [6.07, 6.45) is 6.16. The van der Waals surface area contributed by atoms with Gasteiger partial charge in [0.2, 0.25) is 5.91 Å². The zero-order valence-corrected chi connectivity index (χ0v) is 16.4. The molecule has 27 heavy (non-hydrogen) atoms. The third-order valence-corrected chi connectivity index (χ3v) is 6.17. The molecule has 1 amide bonds. The van der Waals surface area contributed by atoms with Crippen LogP contribution in [0.5, 0.6) is 0 Å². The second-order valence-electron chi connectivity index (χ2n) is 7.81. The van der Waals surface area contributed by atoms with Gasteiger partial charge in [-0.25, -0.2) is 0 Å². The summed E-state index contributed by atoms with van der Waals surface area (Å²) in [7, 11) is 1.81. The van der Waals surface area contributed by atoms with Crippen LogP contribution in [0.3, 0.4) is 0 Å². The van der Waals surface area contributed by atoms with Gasteiger partial charge in [0.1, 0.15) is 0 Å². The van der Waals surface area contributed by atoms with Crippen LogP contribution in [-0.2, 0) is 11.2 Å². The normalized spacial score (nSPS) is 23.6. The summed E-state index contributed by atoms with van der Waals surface area (Å²) in [5.74, 6) is 0.975. The first-order valence-electron chi connectivity index (χ1n) is 10.3. The summed E-state index contributed by atoms with van der Waals surface area (Å²) < 4.78 is 0. The molecule has 0 aromatic heterocycles. The van der Waals surface area contributed by atoms with Gasteiger partial charge in [-0.15, -0.1) is 0 Å². The molecule has 0 saturated carbocycles. The average molecular weight is 370 g/mol. The number of benzene rings is 1. The molecule has 146 valence electrons. The fourth-order valence-corrected chi connectivity index (χ4v) is 4.70. The van der Waals surface area contributed by atoms with Gasteiger partial charge in [0.05, 0.1) is 6.54 Å². The van der Waals surface area contributed by atoms with Crippen molar-refractivity contribution in [3.05, 3.63) is 29.8 Å². The summed E-state index contributed by atoms with van der Waals surface area (Å²) >= 11 is 0. The van der Waals surface area contributed by atoms with Crippen LogP contribution < -0.4 is 10.2 Å². The summed E-state index contributed by atoms with van der Waals surface area (Å²) in [4.78, 5) is 24.0. The fourth-order valence-electron chi connectivity index (χ4n) is 4.70. The highest BCUT2D eigenvalue weighted by Gasteiger charge is 2.30. The van der Waals surface area contributed by atoms with Gasteiger partial charge in [-0.2, -0.15) is 0 Å². The SMILES string of the molecule is CN=C(NCC(=O)N1CCc2ccccc21)N1CCC(N2CCCCC2)C1. The van der Waals surface area contributed by atoms with E-state index in [0.717, 1.165) is 37.7 Å². The lowest BCUT2D eigenvalue weighted by molar-refractivity contribution is -0.117. The zero-order chi connectivity index (χ0) is 18.6. The lowest BCUT2D eigenvalue weighted by Gasteiger charge is -2.32. The zero-order valence-electron chi connectivity index (χ0n) is 16.4. The maximum atomic E-state index is 12.7. The molecule has 0 spiro atoms. The van der Waals surface area contributed by atoms with Crippen molar-refractivity contribution < 1.29 is 4.79 Å². The third-order valence-electron chi connectivity index (χ3n) is 6.17. The highest BCUT2D eigenvalue weighted by atomic mass is 16.2. The number of guanidine groups is 1. The second kappa shape index (κ2) is 8.30. The van der Waals surface area contributed by atoms with Crippen LogP contribution in [0.4, 0.5) is 5.69 Å². The smallest absolute Gasteiger partial charge is 0.246 e. The van der Waals surface area contributed by atoms with Crippen molar-refractivity contribution in [3.8, 4) is 0 Å². The van der Waals surface area contributed by atoms with Gasteiger partial charge in [-0.3, -0.25) is 14.7 Å². The standard InChI is InChI=1S/C21H31N5O/c1-22-21(25-13-10-18(16-25)24-11-5-2-6-12-24)23-15-20(27)26-14-9-17-7-3-4-8-19(17)26/h3-4,7-8,18H,2,5-6,9-16H2,1H3,(H,22,23). The molecule has 2 fully saturated rings. The molecule has 0 radical (unpaired) electrons. The Labute approximate surface area is 162 Å². The van der Waals surface area contributed by atoms with Crippen molar-refractivity contribution in [2.45, 2.75) is 38.1 Å². The molecule has 1 aromatic rings. The third kappa shape index (κ3) is 3.95. The Balaban J connectivity index is 1.30. The van der Waals surface area contributed by atoms with Gasteiger partial charge in [0.25, 0.3) is 0 Å². The summed E-state index contributed by atoms with van der Waals surface area (Å²) in [5.41, 5.74) is 2.32. The van der Waals surface area contributed by atoms with E-state index in [1.807, 2.05) is 30.1 Å². The fraction of sp³-hybridized carbons (Fsp3) is 0.619. The molecule has 4 rings (SSSR count). The molecular weight excluding hydrogens is 338 g/mol. The maximum absolute atomic E-state index is 12.7. The Morgan fingerprint density at radius 2 is 1.96 bits per heavy atom. The Hall–Kier alpha value is -2.08. The van der Waals surface area contributed by atoms with Crippen LogP contribution in [-0.4, -0.2) is 74.0 Å². The molecule has 1 N–H and O–H groups in total. The van der Waals surface area contributed by atoms with E-state index in [-0.39, 0.29) is 5.91 Å². The molecule has 1 aromatic carbocycles. The summed E-state index contributed by atoms with van der Waals surface area (Å²) in [6.45, 7) is 5.57. The predicted molar refractivity (Wildman–Crippen MR) is 109 cm³/mol. The van der Waals surface area contributed by atoms with E-state index < -0.39 is 0 Å². The van der Waals surface area contributed by atoms with Crippen LogP contribution in [0.2, 0.25) is 0 Å². The quantitative estimate of drug-likeness (QED) is 0.651. The second-order valence-corrected chi connectivity index (χ2v) is 7.81. The van der Waals surface area contributed by atoms with Gasteiger partial charge in [0.15, 0.2) is 5.96 Å². The van der Waals surface area contributed by atoms with E-state index >= 15 is 0 Å². The van der Waals surface area contributed by atoms with E-state index in [9.17, 15) is 4.79 Å². The van der Waals surface area contributed by atoms with Gasteiger partial charge in [-0.1, -0.05) is 24.6 Å². The molecule has 1 unspecified atom stereocenters. The minimum absolute atomic E-state index is 0.118. The number of nitrogens with one attached hydrogen (secondary N) is 1. The van der Waals surface area contributed by atoms with Crippen LogP contribution in [0.15, 0.2) is 29.3 Å². The van der Waals surface area contributed by atoms with Crippen molar-refractivity contribution in [1.29, 1.82) is 0 Å². The minimum atomic E-state index is 0.118. The number of para-hydroxylation sites is 1. The van der Waals surface area contributed by atoms with Gasteiger partial charge in [-0.05, 0) is 50.4 Å². The highest BCUT2D eigenvalue weighted by Crippen LogP contribution is 2.27. The summed E-state index contributed by atoms with van der Waals surface area (Å²) in [6, 6.07) is 8.82. The van der Waals surface area contributed by atoms with Gasteiger partial charge >= 0.3 is 0 Å². The van der Waals surface area contributed by atoms with Crippen molar-refractivity contribution in [3.63, 3.8) is 0 Å². The van der Waals surface area contributed by atoms with Gasteiger partial charge < -0.3 is 15.1 Å².